The number of benzene rings is 1. The van der Waals surface area contributed by atoms with Crippen molar-refractivity contribution in [3.8, 4) is 5.69 Å². The molecular formula is C19H23F3N6O3S. The molecule has 174 valence electrons. The Bertz CT molecular complexity index is 1070. The van der Waals surface area contributed by atoms with Gasteiger partial charge in [0.05, 0.1) is 35.0 Å². The summed E-state index contributed by atoms with van der Waals surface area (Å²) in [6, 6.07) is 3.07. The van der Waals surface area contributed by atoms with Gasteiger partial charge in [0.15, 0.2) is 9.84 Å². The molecule has 1 amide bonds. The highest BCUT2D eigenvalue weighted by Crippen LogP contribution is 2.33. The van der Waals surface area contributed by atoms with Crippen LogP contribution in [0, 0.1) is 0 Å². The minimum absolute atomic E-state index is 0.00915. The normalized spacial score (nSPS) is 22.2. The summed E-state index contributed by atoms with van der Waals surface area (Å²) in [7, 11) is -2.96. The van der Waals surface area contributed by atoms with E-state index in [1.807, 2.05) is 4.90 Å². The van der Waals surface area contributed by atoms with Crippen LogP contribution in [0.1, 0.15) is 12.0 Å². The second-order valence-electron chi connectivity index (χ2n) is 7.99. The Morgan fingerprint density at radius 1 is 1.19 bits per heavy atom. The van der Waals surface area contributed by atoms with Gasteiger partial charge in [-0.3, -0.25) is 14.6 Å². The Labute approximate surface area is 183 Å². The first kappa shape index (κ1) is 22.7. The second kappa shape index (κ2) is 8.79. The van der Waals surface area contributed by atoms with E-state index in [-0.39, 0.29) is 35.5 Å². The quantitative estimate of drug-likeness (QED) is 0.694. The molecule has 2 aliphatic rings. The first-order chi connectivity index (χ1) is 15.1. The van der Waals surface area contributed by atoms with Gasteiger partial charge in [-0.05, 0) is 24.6 Å². The van der Waals surface area contributed by atoms with Crippen molar-refractivity contribution in [2.24, 2.45) is 0 Å². The first-order valence-electron chi connectivity index (χ1n) is 10.1. The Hall–Kier alpha value is -2.51. The van der Waals surface area contributed by atoms with E-state index in [4.69, 9.17) is 0 Å². The fourth-order valence-corrected chi connectivity index (χ4v) is 5.85. The molecule has 2 fully saturated rings. The summed E-state index contributed by atoms with van der Waals surface area (Å²) in [6.45, 7) is 2.44. The van der Waals surface area contributed by atoms with Crippen LogP contribution < -0.4 is 5.32 Å². The van der Waals surface area contributed by atoms with Gasteiger partial charge in [0.25, 0.3) is 0 Å². The van der Waals surface area contributed by atoms with Gasteiger partial charge >= 0.3 is 6.18 Å². The number of hydrogen-bond donors (Lipinski definition) is 1. The van der Waals surface area contributed by atoms with Gasteiger partial charge in [-0.1, -0.05) is 0 Å². The number of nitrogens with one attached hydrogen (secondary N) is 1. The molecule has 9 nitrogen and oxygen atoms in total. The van der Waals surface area contributed by atoms with Crippen molar-refractivity contribution in [3.05, 3.63) is 36.4 Å². The highest BCUT2D eigenvalue weighted by molar-refractivity contribution is 7.91. The molecule has 1 unspecified atom stereocenters. The van der Waals surface area contributed by atoms with Crippen LogP contribution in [0.25, 0.3) is 5.69 Å². The van der Waals surface area contributed by atoms with Crippen LogP contribution in [0.4, 0.5) is 18.9 Å². The smallest absolute Gasteiger partial charge is 0.323 e. The lowest BCUT2D eigenvalue weighted by molar-refractivity contribution is -0.137. The summed E-state index contributed by atoms with van der Waals surface area (Å²) in [6.07, 6.45) is -1.34. The number of aromatic nitrogens is 3. The third kappa shape index (κ3) is 5.27. The second-order valence-corrected chi connectivity index (χ2v) is 10.2. The lowest BCUT2D eigenvalue weighted by Crippen LogP contribution is -2.52. The van der Waals surface area contributed by atoms with Gasteiger partial charge in [-0.15, -0.1) is 0 Å². The topological polar surface area (TPSA) is 100 Å². The van der Waals surface area contributed by atoms with Crippen LogP contribution in [-0.4, -0.2) is 89.2 Å². The molecule has 0 bridgehead atoms. The Morgan fingerprint density at radius 2 is 1.94 bits per heavy atom. The van der Waals surface area contributed by atoms with Crippen molar-refractivity contribution < 1.29 is 26.4 Å². The average Bonchev–Trinajstić information content (AvgIpc) is 3.37. The molecule has 1 atom stereocenters. The van der Waals surface area contributed by atoms with Crippen molar-refractivity contribution in [2.75, 3.05) is 49.5 Å². The van der Waals surface area contributed by atoms with Crippen LogP contribution in [0.15, 0.2) is 30.9 Å². The molecule has 1 N–H and O–H groups in total. The molecule has 13 heteroatoms. The molecule has 2 saturated heterocycles. The van der Waals surface area contributed by atoms with Gasteiger partial charge < -0.3 is 5.32 Å². The number of piperazine rings is 1. The molecule has 0 spiro atoms. The van der Waals surface area contributed by atoms with E-state index >= 15 is 0 Å². The predicted octanol–water partition coefficient (Wildman–Crippen LogP) is 1.03. The SMILES string of the molecule is O=C(CN1CCN(C2CCS(=O)(=O)C2)CC1)Nc1cc(C(F)(F)F)ccc1-n1cncn1. The van der Waals surface area contributed by atoms with Gasteiger partial charge in [-0.25, -0.2) is 18.1 Å². The van der Waals surface area contributed by atoms with Crippen molar-refractivity contribution >= 4 is 21.4 Å². The standard InChI is InChI=1S/C19H23F3N6O3S/c20-19(21,22)14-1-2-17(28-13-23-12-24-28)16(9-14)25-18(29)10-26-4-6-27(7-5-26)15-3-8-32(30,31)11-15/h1-2,9,12-13,15H,3-8,10-11H2,(H,25,29). The number of carbonyl (C=O) groups is 1. The van der Waals surface area contributed by atoms with Crippen LogP contribution >= 0.6 is 0 Å². The molecule has 1 aromatic heterocycles. The Balaban J connectivity index is 1.39. The van der Waals surface area contributed by atoms with Gasteiger partial charge in [0.2, 0.25) is 5.91 Å². The molecule has 1 aromatic carbocycles. The predicted molar refractivity (Wildman–Crippen MR) is 110 cm³/mol. The molecule has 3 heterocycles. The fraction of sp³-hybridized carbons (Fsp3) is 0.526. The number of anilines is 1. The largest absolute Gasteiger partial charge is 0.416 e. The van der Waals surface area contributed by atoms with Crippen molar-refractivity contribution in [3.63, 3.8) is 0 Å². The zero-order chi connectivity index (χ0) is 22.9. The zero-order valence-corrected chi connectivity index (χ0v) is 17.9. The number of halogens is 3. The lowest BCUT2D eigenvalue weighted by Gasteiger charge is -2.37. The summed E-state index contributed by atoms with van der Waals surface area (Å²) in [5.74, 6) is -0.0537. The molecular weight excluding hydrogens is 449 g/mol. The average molecular weight is 472 g/mol. The number of rotatable bonds is 5. The third-order valence-corrected chi connectivity index (χ3v) is 7.51. The van der Waals surface area contributed by atoms with Crippen LogP contribution in [0.2, 0.25) is 0 Å². The van der Waals surface area contributed by atoms with E-state index < -0.39 is 27.5 Å². The number of hydrogen-bond acceptors (Lipinski definition) is 7. The van der Waals surface area contributed by atoms with E-state index in [0.717, 1.165) is 12.1 Å². The summed E-state index contributed by atoms with van der Waals surface area (Å²) >= 11 is 0. The first-order valence-corrected chi connectivity index (χ1v) is 12.0. The Morgan fingerprint density at radius 3 is 2.53 bits per heavy atom. The molecule has 0 radical (unpaired) electrons. The number of sulfone groups is 1. The number of amides is 1. The van der Waals surface area contributed by atoms with E-state index in [0.29, 0.717) is 32.6 Å². The molecule has 0 saturated carbocycles. The zero-order valence-electron chi connectivity index (χ0n) is 17.1. The Kier molecular flexibility index (Phi) is 6.23. The molecule has 2 aliphatic heterocycles. The number of nitrogens with zero attached hydrogens (tertiary/aromatic N) is 5. The monoisotopic (exact) mass is 472 g/mol. The fourth-order valence-electron chi connectivity index (χ4n) is 4.09. The maximum absolute atomic E-state index is 13.2. The van der Waals surface area contributed by atoms with E-state index in [2.05, 4.69) is 20.3 Å². The summed E-state index contributed by atoms with van der Waals surface area (Å²) in [5.41, 5.74) is -0.613. The molecule has 2 aromatic rings. The maximum Gasteiger partial charge on any atom is 0.416 e. The van der Waals surface area contributed by atoms with Gasteiger partial charge in [-0.2, -0.15) is 18.3 Å². The summed E-state index contributed by atoms with van der Waals surface area (Å²) < 4.78 is 64.2. The van der Waals surface area contributed by atoms with Crippen LogP contribution in [-0.2, 0) is 20.8 Å². The van der Waals surface area contributed by atoms with Crippen LogP contribution in [0.5, 0.6) is 0 Å². The third-order valence-electron chi connectivity index (χ3n) is 5.76. The van der Waals surface area contributed by atoms with E-state index in [1.54, 1.807) is 0 Å². The van der Waals surface area contributed by atoms with Crippen LogP contribution in [0.3, 0.4) is 0 Å². The van der Waals surface area contributed by atoms with Crippen molar-refractivity contribution in [1.82, 2.24) is 24.6 Å². The highest BCUT2D eigenvalue weighted by atomic mass is 32.2. The molecule has 0 aliphatic carbocycles. The minimum atomic E-state index is -4.55. The number of alkyl halides is 3. The maximum atomic E-state index is 13.2. The molecule has 32 heavy (non-hydrogen) atoms. The van der Waals surface area contributed by atoms with Gasteiger partial charge in [0, 0.05) is 32.2 Å². The summed E-state index contributed by atoms with van der Waals surface area (Å²) in [4.78, 5) is 20.4. The molecule has 4 rings (SSSR count). The van der Waals surface area contributed by atoms with E-state index in [1.165, 1.54) is 23.4 Å². The lowest BCUT2D eigenvalue weighted by atomic mass is 10.1. The van der Waals surface area contributed by atoms with Gasteiger partial charge in [0.1, 0.15) is 12.7 Å². The van der Waals surface area contributed by atoms with Crippen molar-refractivity contribution in [2.45, 2.75) is 18.6 Å². The van der Waals surface area contributed by atoms with E-state index in [9.17, 15) is 26.4 Å². The van der Waals surface area contributed by atoms with Crippen molar-refractivity contribution in [1.29, 1.82) is 0 Å². The highest BCUT2D eigenvalue weighted by Gasteiger charge is 2.34. The summed E-state index contributed by atoms with van der Waals surface area (Å²) in [5, 5.41) is 6.51. The number of carbonyl (C=O) groups excluding carboxylic acids is 1. The minimum Gasteiger partial charge on any atom is -0.323 e.